The molecule has 28 heavy (non-hydrogen) atoms. The average Bonchev–Trinajstić information content (AvgIpc) is 2.70. The zero-order valence-corrected chi connectivity index (χ0v) is 16.2. The smallest absolute Gasteiger partial charge is 0.260 e. The van der Waals surface area contributed by atoms with Crippen molar-refractivity contribution in [2.45, 2.75) is 5.75 Å². The number of pyridine rings is 3. The molecule has 142 valence electrons. The number of para-hydroxylation sites is 1. The van der Waals surface area contributed by atoms with E-state index in [9.17, 15) is 13.2 Å². The second-order valence-corrected chi connectivity index (χ2v) is 8.53. The van der Waals surface area contributed by atoms with Gasteiger partial charge in [-0.15, -0.1) is 0 Å². The molecule has 0 saturated heterocycles. The summed E-state index contributed by atoms with van der Waals surface area (Å²) in [5.41, 5.74) is 1.22. The first-order chi connectivity index (χ1) is 13.4. The van der Waals surface area contributed by atoms with E-state index in [1.165, 1.54) is 15.9 Å². The summed E-state index contributed by atoms with van der Waals surface area (Å²) in [6.07, 6.45) is 4.77. The molecule has 0 aliphatic rings. The van der Waals surface area contributed by atoms with Gasteiger partial charge < -0.3 is 4.57 Å². The highest BCUT2D eigenvalue weighted by molar-refractivity contribution is 7.92. The minimum atomic E-state index is -3.68. The topological polar surface area (TPSA) is 85.2 Å². The van der Waals surface area contributed by atoms with E-state index in [1.807, 2.05) is 6.07 Å². The number of hydrogen-bond acceptors (Lipinski definition) is 5. The van der Waals surface area contributed by atoms with Crippen LogP contribution in [0.25, 0.3) is 21.7 Å². The van der Waals surface area contributed by atoms with Gasteiger partial charge in [-0.3, -0.25) is 19.1 Å². The second-order valence-electron chi connectivity index (χ2n) is 6.53. The molecule has 0 radical (unpaired) electrons. The number of nitrogens with zero attached hydrogens (tertiary/aromatic N) is 4. The second kappa shape index (κ2) is 6.72. The van der Waals surface area contributed by atoms with Crippen LogP contribution in [0.3, 0.4) is 0 Å². The number of sulfonamides is 1. The molecular weight excluding hydrogens is 376 g/mol. The van der Waals surface area contributed by atoms with Crippen molar-refractivity contribution in [3.05, 3.63) is 77.1 Å². The molecule has 0 aliphatic carbocycles. The Morgan fingerprint density at radius 2 is 1.82 bits per heavy atom. The third kappa shape index (κ3) is 3.01. The van der Waals surface area contributed by atoms with E-state index in [-0.39, 0.29) is 11.3 Å². The summed E-state index contributed by atoms with van der Waals surface area (Å²) >= 11 is 0. The molecule has 0 aliphatic heterocycles. The van der Waals surface area contributed by atoms with Crippen LogP contribution in [0.5, 0.6) is 0 Å². The number of hydrogen-bond donors (Lipinski definition) is 0. The molecule has 4 rings (SSSR count). The van der Waals surface area contributed by atoms with Crippen molar-refractivity contribution in [3.63, 3.8) is 0 Å². The van der Waals surface area contributed by atoms with Crippen LogP contribution in [0, 0.1) is 0 Å². The quantitative estimate of drug-likeness (QED) is 0.496. The van der Waals surface area contributed by atoms with Crippen LogP contribution in [-0.4, -0.2) is 30.0 Å². The predicted molar refractivity (Wildman–Crippen MR) is 110 cm³/mol. The van der Waals surface area contributed by atoms with Gasteiger partial charge in [0.15, 0.2) is 0 Å². The summed E-state index contributed by atoms with van der Waals surface area (Å²) in [6.45, 7) is 0. The molecule has 0 atom stereocenters. The first-order valence-electron chi connectivity index (χ1n) is 8.62. The van der Waals surface area contributed by atoms with Gasteiger partial charge in [-0.05, 0) is 24.3 Å². The molecule has 0 bridgehead atoms. The first kappa shape index (κ1) is 18.1. The minimum Gasteiger partial charge on any atom is -0.318 e. The number of aromatic nitrogens is 3. The highest BCUT2D eigenvalue weighted by atomic mass is 32.2. The van der Waals surface area contributed by atoms with Gasteiger partial charge in [0, 0.05) is 43.5 Å². The van der Waals surface area contributed by atoms with E-state index >= 15 is 0 Å². The Morgan fingerprint density at radius 3 is 2.57 bits per heavy atom. The molecule has 7 nitrogen and oxygen atoms in total. The van der Waals surface area contributed by atoms with Crippen molar-refractivity contribution in [2.24, 2.45) is 7.05 Å². The van der Waals surface area contributed by atoms with Crippen molar-refractivity contribution >= 4 is 37.4 Å². The lowest BCUT2D eigenvalue weighted by Gasteiger charge is -2.20. The fourth-order valence-corrected chi connectivity index (χ4v) is 4.40. The maximum absolute atomic E-state index is 13.0. The average molecular weight is 394 g/mol. The fraction of sp³-hybridized carbons (Fsp3) is 0.150. The summed E-state index contributed by atoms with van der Waals surface area (Å²) in [7, 11) is -0.495. The van der Waals surface area contributed by atoms with Crippen molar-refractivity contribution < 1.29 is 8.42 Å². The van der Waals surface area contributed by atoms with E-state index in [1.54, 1.807) is 62.0 Å². The van der Waals surface area contributed by atoms with Crippen molar-refractivity contribution in [1.29, 1.82) is 0 Å². The lowest BCUT2D eigenvalue weighted by atomic mass is 10.1. The third-order valence-electron chi connectivity index (χ3n) is 4.76. The lowest BCUT2D eigenvalue weighted by molar-refractivity contribution is 0.593. The van der Waals surface area contributed by atoms with Gasteiger partial charge in [0.25, 0.3) is 5.56 Å². The van der Waals surface area contributed by atoms with E-state index in [2.05, 4.69) is 9.97 Å². The molecule has 0 unspecified atom stereocenters. The zero-order chi connectivity index (χ0) is 19.9. The van der Waals surface area contributed by atoms with Gasteiger partial charge in [-0.1, -0.05) is 18.2 Å². The van der Waals surface area contributed by atoms with Gasteiger partial charge in [0.05, 0.1) is 22.3 Å². The molecule has 0 amide bonds. The van der Waals surface area contributed by atoms with Crippen LogP contribution in [-0.2, 0) is 22.8 Å². The van der Waals surface area contributed by atoms with Crippen LogP contribution < -0.4 is 9.86 Å². The van der Waals surface area contributed by atoms with Gasteiger partial charge in [0.2, 0.25) is 10.0 Å². The fourth-order valence-electron chi connectivity index (χ4n) is 3.19. The zero-order valence-electron chi connectivity index (χ0n) is 15.4. The number of aryl methyl sites for hydroxylation is 1. The Kier molecular flexibility index (Phi) is 4.35. The Labute approximate surface area is 161 Å². The number of fused-ring (bicyclic) bond motifs is 3. The van der Waals surface area contributed by atoms with Gasteiger partial charge in [0.1, 0.15) is 5.75 Å². The highest BCUT2D eigenvalue weighted by Crippen LogP contribution is 2.26. The summed E-state index contributed by atoms with van der Waals surface area (Å²) in [5, 5.41) is 1.64. The molecule has 3 aromatic heterocycles. The predicted octanol–water partition coefficient (Wildman–Crippen LogP) is 2.45. The van der Waals surface area contributed by atoms with E-state index in [0.717, 1.165) is 0 Å². The van der Waals surface area contributed by atoms with Crippen LogP contribution in [0.4, 0.5) is 5.69 Å². The van der Waals surface area contributed by atoms with Crippen molar-refractivity contribution in [1.82, 2.24) is 14.5 Å². The highest BCUT2D eigenvalue weighted by Gasteiger charge is 2.22. The molecule has 8 heteroatoms. The molecular formula is C20H18N4O3S. The van der Waals surface area contributed by atoms with Crippen molar-refractivity contribution in [2.75, 3.05) is 11.4 Å². The van der Waals surface area contributed by atoms with E-state index < -0.39 is 10.0 Å². The van der Waals surface area contributed by atoms with Crippen LogP contribution >= 0.6 is 0 Å². The normalized spacial score (nSPS) is 11.8. The van der Waals surface area contributed by atoms with E-state index in [4.69, 9.17) is 0 Å². The lowest BCUT2D eigenvalue weighted by Crippen LogP contribution is -2.28. The number of rotatable bonds is 4. The standard InChI is InChI=1S/C20H18N4O3S/c1-23-11-9-17-19(20(23)25)16-12-21-10-8-15(16)18(22-17)13-28(26,27)24(2)14-6-4-3-5-7-14/h3-12H,13H2,1-2H3. The SMILES string of the molecule is CN(c1ccccc1)S(=O)(=O)Cc1nc2ccn(C)c(=O)c2c2cnccc12. The molecule has 1 aromatic carbocycles. The Morgan fingerprint density at radius 1 is 1.07 bits per heavy atom. The molecule has 4 aromatic rings. The van der Waals surface area contributed by atoms with Gasteiger partial charge in [-0.2, -0.15) is 0 Å². The molecule has 0 saturated carbocycles. The Hall–Kier alpha value is -3.26. The Balaban J connectivity index is 1.89. The number of anilines is 1. The monoisotopic (exact) mass is 394 g/mol. The molecule has 0 fully saturated rings. The minimum absolute atomic E-state index is 0.196. The number of benzene rings is 1. The maximum atomic E-state index is 13.0. The van der Waals surface area contributed by atoms with Crippen LogP contribution in [0.2, 0.25) is 0 Å². The summed E-state index contributed by atoms with van der Waals surface area (Å²) in [6, 6.07) is 12.3. The largest absolute Gasteiger partial charge is 0.318 e. The summed E-state index contributed by atoms with van der Waals surface area (Å²) in [4.78, 5) is 21.2. The molecule has 3 heterocycles. The van der Waals surface area contributed by atoms with Gasteiger partial charge >= 0.3 is 0 Å². The summed E-state index contributed by atoms with van der Waals surface area (Å²) in [5.74, 6) is -0.288. The molecule has 0 N–H and O–H groups in total. The maximum Gasteiger partial charge on any atom is 0.260 e. The first-order valence-corrected chi connectivity index (χ1v) is 10.2. The third-order valence-corrected chi connectivity index (χ3v) is 6.44. The van der Waals surface area contributed by atoms with Crippen molar-refractivity contribution in [3.8, 4) is 0 Å². The van der Waals surface area contributed by atoms with Crippen LogP contribution in [0.1, 0.15) is 5.69 Å². The Bertz CT molecular complexity index is 1350. The van der Waals surface area contributed by atoms with Gasteiger partial charge in [-0.25, -0.2) is 8.42 Å². The van der Waals surface area contributed by atoms with E-state index in [0.29, 0.717) is 33.1 Å². The van der Waals surface area contributed by atoms with Crippen LogP contribution in [0.15, 0.2) is 65.8 Å². The summed E-state index contributed by atoms with van der Waals surface area (Å²) < 4.78 is 28.7. The molecule has 0 spiro atoms.